The van der Waals surface area contributed by atoms with Gasteiger partial charge in [-0.1, -0.05) is 6.07 Å². The summed E-state index contributed by atoms with van der Waals surface area (Å²) >= 11 is 0. The maximum atomic E-state index is 12.7. The van der Waals surface area contributed by atoms with E-state index in [1.807, 2.05) is 19.1 Å². The quantitative estimate of drug-likeness (QED) is 0.405. The van der Waals surface area contributed by atoms with Crippen molar-refractivity contribution in [2.45, 2.75) is 26.1 Å². The highest BCUT2D eigenvalue weighted by atomic mass is 19.4. The number of amides is 2. The van der Waals surface area contributed by atoms with Gasteiger partial charge in [0, 0.05) is 24.8 Å². The molecular formula is C26H28F3N5O4. The topological polar surface area (TPSA) is 109 Å². The molecule has 0 aliphatic carbocycles. The zero-order valence-electron chi connectivity index (χ0n) is 20.9. The molecule has 0 radical (unpaired) electrons. The van der Waals surface area contributed by atoms with E-state index in [2.05, 4.69) is 25.5 Å². The molecule has 1 aliphatic rings. The third-order valence-corrected chi connectivity index (χ3v) is 5.71. The molecule has 2 amide bonds. The van der Waals surface area contributed by atoms with Crippen LogP contribution >= 0.6 is 0 Å². The molecule has 12 heteroatoms. The minimum absolute atomic E-state index is 0.0819. The van der Waals surface area contributed by atoms with Gasteiger partial charge in [0.25, 0.3) is 0 Å². The average Bonchev–Trinajstić information content (AvgIpc) is 2.88. The first kappa shape index (κ1) is 27.1. The lowest BCUT2D eigenvalue weighted by Gasteiger charge is -2.28. The molecule has 2 aromatic heterocycles. The second-order valence-corrected chi connectivity index (χ2v) is 8.85. The monoisotopic (exact) mass is 531 g/mol. The summed E-state index contributed by atoms with van der Waals surface area (Å²) in [6, 6.07) is 10.4. The predicted octanol–water partition coefficient (Wildman–Crippen LogP) is 4.71. The van der Waals surface area contributed by atoms with Crippen LogP contribution in [0.3, 0.4) is 0 Å². The molecule has 0 unspecified atom stereocenters. The van der Waals surface area contributed by atoms with Gasteiger partial charge in [-0.15, -0.1) is 0 Å². The zero-order chi connectivity index (χ0) is 27.3. The first-order valence-electron chi connectivity index (χ1n) is 12.0. The predicted molar refractivity (Wildman–Crippen MR) is 136 cm³/mol. The molecule has 38 heavy (non-hydrogen) atoms. The number of alkyl halides is 3. The number of urea groups is 1. The summed E-state index contributed by atoms with van der Waals surface area (Å²) in [5.74, 6) is 1.06. The van der Waals surface area contributed by atoms with Crippen molar-refractivity contribution in [2.75, 3.05) is 48.4 Å². The van der Waals surface area contributed by atoms with Gasteiger partial charge in [-0.25, -0.2) is 9.78 Å². The first-order valence-corrected chi connectivity index (χ1v) is 12.0. The van der Waals surface area contributed by atoms with E-state index in [0.717, 1.165) is 35.0 Å². The fourth-order valence-electron chi connectivity index (χ4n) is 3.82. The first-order chi connectivity index (χ1) is 18.1. The summed E-state index contributed by atoms with van der Waals surface area (Å²) in [6.45, 7) is 6.14. The van der Waals surface area contributed by atoms with Crippen LogP contribution in [0.5, 0.6) is 5.88 Å². The SMILES string of the molecule is Cc1ccc(NC(=O)Nc2ccc(C(F)(F)F)nc2)cc1-c1cc(OC[C@@H](C)O)nc(N2CCOCC2)c1. The Labute approximate surface area is 217 Å². The Morgan fingerprint density at radius 2 is 1.84 bits per heavy atom. The van der Waals surface area contributed by atoms with Gasteiger partial charge in [0.05, 0.1) is 31.2 Å². The number of aliphatic hydroxyl groups excluding tert-OH is 1. The number of nitrogens with one attached hydrogen (secondary N) is 2. The highest BCUT2D eigenvalue weighted by molar-refractivity contribution is 6.00. The highest BCUT2D eigenvalue weighted by Crippen LogP contribution is 2.32. The van der Waals surface area contributed by atoms with Gasteiger partial charge >= 0.3 is 12.2 Å². The highest BCUT2D eigenvalue weighted by Gasteiger charge is 2.32. The van der Waals surface area contributed by atoms with Crippen LogP contribution in [0, 0.1) is 6.92 Å². The molecule has 4 rings (SSSR count). The summed E-state index contributed by atoms with van der Waals surface area (Å²) in [4.78, 5) is 22.6. The average molecular weight is 532 g/mol. The van der Waals surface area contributed by atoms with Crippen molar-refractivity contribution < 1.29 is 32.5 Å². The maximum Gasteiger partial charge on any atom is 0.433 e. The number of morpholine rings is 1. The fourth-order valence-corrected chi connectivity index (χ4v) is 3.82. The lowest BCUT2D eigenvalue weighted by atomic mass is 10.0. The lowest BCUT2D eigenvalue weighted by Crippen LogP contribution is -2.36. The van der Waals surface area contributed by atoms with Crippen LogP contribution in [0.15, 0.2) is 48.7 Å². The Bertz CT molecular complexity index is 1260. The Balaban J connectivity index is 1.55. The number of aliphatic hydroxyl groups is 1. The van der Waals surface area contributed by atoms with Crippen molar-refractivity contribution in [3.05, 3.63) is 59.9 Å². The van der Waals surface area contributed by atoms with Crippen LogP contribution in [-0.4, -0.2) is 60.1 Å². The van der Waals surface area contributed by atoms with Gasteiger partial charge in [0.1, 0.15) is 18.1 Å². The molecule has 0 saturated carbocycles. The summed E-state index contributed by atoms with van der Waals surface area (Å²) in [7, 11) is 0. The number of carbonyl (C=O) groups excluding carboxylic acids is 1. The Kier molecular flexibility index (Phi) is 8.32. The Hall–Kier alpha value is -3.90. The van der Waals surface area contributed by atoms with Crippen LogP contribution < -0.4 is 20.3 Å². The molecule has 1 atom stereocenters. The maximum absolute atomic E-state index is 12.7. The van der Waals surface area contributed by atoms with E-state index in [-0.39, 0.29) is 12.3 Å². The molecule has 1 aromatic carbocycles. The third kappa shape index (κ3) is 7.11. The van der Waals surface area contributed by atoms with Gasteiger partial charge in [0.2, 0.25) is 5.88 Å². The molecule has 1 saturated heterocycles. The van der Waals surface area contributed by atoms with Crippen molar-refractivity contribution in [2.24, 2.45) is 0 Å². The minimum atomic E-state index is -4.56. The van der Waals surface area contributed by atoms with Crippen molar-refractivity contribution in [1.82, 2.24) is 9.97 Å². The van der Waals surface area contributed by atoms with Crippen LogP contribution in [-0.2, 0) is 10.9 Å². The second-order valence-electron chi connectivity index (χ2n) is 8.85. The second kappa shape index (κ2) is 11.7. The van der Waals surface area contributed by atoms with Crippen molar-refractivity contribution in [3.8, 4) is 17.0 Å². The molecule has 3 N–H and O–H groups in total. The summed E-state index contributed by atoms with van der Waals surface area (Å²) in [5, 5.41) is 14.8. The van der Waals surface area contributed by atoms with E-state index in [1.165, 1.54) is 0 Å². The number of carbonyl (C=O) groups is 1. The van der Waals surface area contributed by atoms with E-state index in [0.29, 0.717) is 43.7 Å². The molecular weight excluding hydrogens is 503 g/mol. The van der Waals surface area contributed by atoms with E-state index < -0.39 is 24.0 Å². The van der Waals surface area contributed by atoms with Crippen molar-refractivity contribution in [1.29, 1.82) is 0 Å². The molecule has 9 nitrogen and oxygen atoms in total. The summed E-state index contributed by atoms with van der Waals surface area (Å²) in [5.41, 5.74) is 2.10. The van der Waals surface area contributed by atoms with E-state index >= 15 is 0 Å². The molecule has 0 spiro atoms. The van der Waals surface area contributed by atoms with Gasteiger partial charge in [-0.05, 0) is 60.9 Å². The summed E-state index contributed by atoms with van der Waals surface area (Å²) < 4.78 is 49.3. The number of nitrogens with zero attached hydrogens (tertiary/aromatic N) is 3. The van der Waals surface area contributed by atoms with Crippen LogP contribution in [0.4, 0.5) is 35.2 Å². The molecule has 0 bridgehead atoms. The number of ether oxygens (including phenoxy) is 2. The largest absolute Gasteiger partial charge is 0.475 e. The summed E-state index contributed by atoms with van der Waals surface area (Å²) in [6.07, 6.45) is -4.28. The number of rotatable bonds is 7. The number of anilines is 3. The number of hydrogen-bond donors (Lipinski definition) is 3. The molecule has 3 heterocycles. The minimum Gasteiger partial charge on any atom is -0.475 e. The van der Waals surface area contributed by atoms with Gasteiger partial charge in [-0.3, -0.25) is 0 Å². The van der Waals surface area contributed by atoms with Crippen LogP contribution in [0.1, 0.15) is 18.2 Å². The molecule has 202 valence electrons. The number of benzene rings is 1. The normalized spacial score (nSPS) is 14.6. The smallest absolute Gasteiger partial charge is 0.433 e. The van der Waals surface area contributed by atoms with Gasteiger partial charge < -0.3 is 30.1 Å². The number of hydrogen-bond acceptors (Lipinski definition) is 7. The number of halogens is 3. The lowest BCUT2D eigenvalue weighted by molar-refractivity contribution is -0.141. The van der Waals surface area contributed by atoms with Crippen molar-refractivity contribution >= 4 is 23.2 Å². The van der Waals surface area contributed by atoms with Gasteiger partial charge in [0.15, 0.2) is 0 Å². The van der Waals surface area contributed by atoms with E-state index in [4.69, 9.17) is 9.47 Å². The van der Waals surface area contributed by atoms with E-state index in [1.54, 1.807) is 25.1 Å². The number of pyridine rings is 2. The zero-order valence-corrected chi connectivity index (χ0v) is 20.9. The number of aryl methyl sites for hydroxylation is 1. The molecule has 1 fully saturated rings. The standard InChI is InChI=1S/C26H28F3N5O4/c1-16-3-4-19(31-25(36)32-20-5-6-22(30-14-20)26(27,28)29)13-21(16)18-11-23(34-7-9-37-10-8-34)33-24(12-18)38-15-17(2)35/h3-6,11-14,17,35H,7-10,15H2,1-2H3,(H2,31,32,36)/t17-/m1/s1. The molecule has 3 aromatic rings. The fraction of sp³-hybridized carbons (Fsp3) is 0.346. The van der Waals surface area contributed by atoms with Crippen LogP contribution in [0.2, 0.25) is 0 Å². The van der Waals surface area contributed by atoms with E-state index in [9.17, 15) is 23.1 Å². The van der Waals surface area contributed by atoms with Crippen molar-refractivity contribution in [3.63, 3.8) is 0 Å². The molecule has 1 aliphatic heterocycles. The number of aromatic nitrogens is 2. The van der Waals surface area contributed by atoms with Crippen LogP contribution in [0.25, 0.3) is 11.1 Å². The Morgan fingerprint density at radius 1 is 1.13 bits per heavy atom. The third-order valence-electron chi connectivity index (χ3n) is 5.71. The van der Waals surface area contributed by atoms with Gasteiger partial charge in [-0.2, -0.15) is 18.2 Å². The Morgan fingerprint density at radius 3 is 2.50 bits per heavy atom.